The fourth-order valence-electron chi connectivity index (χ4n) is 3.05. The van der Waals surface area contributed by atoms with E-state index in [9.17, 15) is 23.9 Å². The van der Waals surface area contributed by atoms with Crippen LogP contribution in [0.2, 0.25) is 0 Å². The number of nitriles is 1. The van der Waals surface area contributed by atoms with E-state index in [4.69, 9.17) is 4.74 Å². The van der Waals surface area contributed by atoms with Gasteiger partial charge in [0.05, 0.1) is 24.3 Å². The minimum Gasteiger partial charge on any atom is -0.465 e. The third kappa shape index (κ3) is 2.86. The van der Waals surface area contributed by atoms with Crippen molar-refractivity contribution in [1.29, 1.82) is 5.26 Å². The number of carbonyl (C=O) groups is 1. The zero-order valence-corrected chi connectivity index (χ0v) is 13.9. The molecule has 10 heteroatoms. The van der Waals surface area contributed by atoms with Crippen LogP contribution in [0.3, 0.4) is 0 Å². The number of benzene rings is 1. The fraction of sp³-hybridized carbons (Fsp3) is 0.375. The average Bonchev–Trinajstić information content (AvgIpc) is 3.18. The molecule has 136 valence electrons. The predicted octanol–water partition coefficient (Wildman–Crippen LogP) is 3.00. The van der Waals surface area contributed by atoms with E-state index in [1.165, 1.54) is 12.1 Å². The molecule has 8 nitrogen and oxygen atoms in total. The molecule has 0 aliphatic carbocycles. The molecular formula is C16H15F2N5O3. The minimum atomic E-state index is -2.92. The van der Waals surface area contributed by atoms with Crippen molar-refractivity contribution in [2.45, 2.75) is 32.2 Å². The highest BCUT2D eigenvalue weighted by molar-refractivity contribution is 5.69. The van der Waals surface area contributed by atoms with E-state index in [2.05, 4.69) is 10.1 Å². The molecule has 0 radical (unpaired) electrons. The number of carboxylic acid groups (broad SMARTS) is 1. The number of amides is 1. The Morgan fingerprint density at radius 1 is 1.50 bits per heavy atom. The summed E-state index contributed by atoms with van der Waals surface area (Å²) in [7, 11) is 0. The van der Waals surface area contributed by atoms with Gasteiger partial charge in [-0.05, 0) is 31.5 Å². The topological polar surface area (TPSA) is 104 Å². The molecule has 26 heavy (non-hydrogen) atoms. The predicted molar refractivity (Wildman–Crippen MR) is 84.1 cm³/mol. The molecule has 0 unspecified atom stereocenters. The minimum absolute atomic E-state index is 0.103. The second-order valence-electron chi connectivity index (χ2n) is 6.15. The highest BCUT2D eigenvalue weighted by atomic mass is 19.3. The van der Waals surface area contributed by atoms with Crippen LogP contribution in [0.15, 0.2) is 24.5 Å². The lowest BCUT2D eigenvalue weighted by atomic mass is 9.99. The molecule has 1 atom stereocenters. The molecule has 0 spiro atoms. The molecule has 1 aromatic carbocycles. The maximum atomic E-state index is 13.1. The Kier molecular flexibility index (Phi) is 4.33. The molecule has 2 heterocycles. The normalized spacial score (nSPS) is 18.9. The lowest BCUT2D eigenvalue weighted by Gasteiger charge is -2.31. The lowest BCUT2D eigenvalue weighted by molar-refractivity contribution is -0.0420. The summed E-state index contributed by atoms with van der Waals surface area (Å²) in [4.78, 5) is 16.6. The van der Waals surface area contributed by atoms with Crippen LogP contribution < -0.4 is 0 Å². The Bertz CT molecular complexity index is 890. The highest BCUT2D eigenvalue weighted by Gasteiger charge is 2.44. The van der Waals surface area contributed by atoms with Gasteiger partial charge in [-0.15, -0.1) is 0 Å². The zero-order valence-electron chi connectivity index (χ0n) is 13.9. The van der Waals surface area contributed by atoms with Crippen molar-refractivity contribution in [2.24, 2.45) is 0 Å². The summed E-state index contributed by atoms with van der Waals surface area (Å²) in [5.74, 6) is -0.168. The first-order valence-electron chi connectivity index (χ1n) is 7.64. The molecule has 0 saturated carbocycles. The van der Waals surface area contributed by atoms with Gasteiger partial charge in [0.15, 0.2) is 5.82 Å². The molecule has 1 aliphatic heterocycles. The number of hydrogen-bond donors (Lipinski definition) is 1. The van der Waals surface area contributed by atoms with Crippen molar-refractivity contribution in [1.82, 2.24) is 19.7 Å². The second-order valence-corrected chi connectivity index (χ2v) is 6.15. The summed E-state index contributed by atoms with van der Waals surface area (Å²) >= 11 is 0. The summed E-state index contributed by atoms with van der Waals surface area (Å²) in [6, 6.07) is 5.79. The van der Waals surface area contributed by atoms with Crippen molar-refractivity contribution in [3.05, 3.63) is 35.7 Å². The van der Waals surface area contributed by atoms with Gasteiger partial charge in [0, 0.05) is 5.56 Å². The van der Waals surface area contributed by atoms with Crippen molar-refractivity contribution < 1.29 is 23.4 Å². The molecule has 1 amide bonds. The summed E-state index contributed by atoms with van der Waals surface area (Å²) < 4.78 is 32.2. The number of nitrogens with zero attached hydrogens (tertiary/aromatic N) is 5. The number of rotatable bonds is 3. The third-order valence-corrected chi connectivity index (χ3v) is 4.24. The standard InChI is InChI=1S/C16H15F2N5O3/c1-16(2)22(15(24)25)12(7-26-16)9-3-4-10(6-19)11(5-9)13-20-8-21-23(13)14(17)18/h3-5,8,12,14H,7H2,1-2H3,(H,24,25)/t12-/m1/s1. The Balaban J connectivity index is 2.11. The van der Waals surface area contributed by atoms with E-state index in [0.29, 0.717) is 10.2 Å². The number of alkyl halides is 2. The molecule has 3 rings (SSSR count). The van der Waals surface area contributed by atoms with Gasteiger partial charge in [0.25, 0.3) is 0 Å². The van der Waals surface area contributed by atoms with Gasteiger partial charge in [-0.2, -0.15) is 23.8 Å². The Hall–Kier alpha value is -3.06. The summed E-state index contributed by atoms with van der Waals surface area (Å²) in [5, 5.41) is 22.3. The van der Waals surface area contributed by atoms with E-state index in [-0.39, 0.29) is 23.6 Å². The summed E-state index contributed by atoms with van der Waals surface area (Å²) in [6.07, 6.45) is -0.195. The van der Waals surface area contributed by atoms with Crippen LogP contribution in [-0.4, -0.2) is 43.2 Å². The smallest absolute Gasteiger partial charge is 0.410 e. The largest absolute Gasteiger partial charge is 0.465 e. The van der Waals surface area contributed by atoms with E-state index in [1.807, 2.05) is 6.07 Å². The SMILES string of the molecule is CC1(C)OC[C@H](c2ccc(C#N)c(-c3ncnn3C(F)F)c2)N1C(=O)O. The van der Waals surface area contributed by atoms with E-state index in [0.717, 1.165) is 11.2 Å². The Morgan fingerprint density at radius 3 is 2.85 bits per heavy atom. The third-order valence-electron chi connectivity index (χ3n) is 4.24. The summed E-state index contributed by atoms with van der Waals surface area (Å²) in [6.45, 7) is 0.427. The van der Waals surface area contributed by atoms with Gasteiger partial charge in [-0.1, -0.05) is 6.07 Å². The Labute approximate surface area is 147 Å². The molecule has 0 bridgehead atoms. The van der Waals surface area contributed by atoms with E-state index in [1.54, 1.807) is 19.9 Å². The number of aromatic nitrogens is 3. The lowest BCUT2D eigenvalue weighted by Crippen LogP contribution is -2.44. The first-order chi connectivity index (χ1) is 12.3. The number of hydrogen-bond acceptors (Lipinski definition) is 5. The maximum Gasteiger partial charge on any atom is 0.410 e. The highest BCUT2D eigenvalue weighted by Crippen LogP contribution is 2.38. The molecule has 2 aromatic rings. The monoisotopic (exact) mass is 363 g/mol. The zero-order chi connectivity index (χ0) is 19.1. The molecule has 1 aromatic heterocycles. The van der Waals surface area contributed by atoms with Gasteiger partial charge < -0.3 is 9.84 Å². The van der Waals surface area contributed by atoms with Crippen molar-refractivity contribution >= 4 is 6.09 Å². The van der Waals surface area contributed by atoms with Crippen LogP contribution in [0.25, 0.3) is 11.4 Å². The first-order valence-corrected chi connectivity index (χ1v) is 7.64. The van der Waals surface area contributed by atoms with Crippen molar-refractivity contribution in [2.75, 3.05) is 6.61 Å². The van der Waals surface area contributed by atoms with Crippen LogP contribution in [0.1, 0.15) is 37.6 Å². The molecule has 1 aliphatic rings. The van der Waals surface area contributed by atoms with Gasteiger partial charge in [-0.25, -0.2) is 9.78 Å². The molecule has 1 saturated heterocycles. The molecule has 1 fully saturated rings. The second kappa shape index (κ2) is 6.34. The molecular weight excluding hydrogens is 348 g/mol. The van der Waals surface area contributed by atoms with Crippen molar-refractivity contribution in [3.63, 3.8) is 0 Å². The van der Waals surface area contributed by atoms with Gasteiger partial charge >= 0.3 is 12.6 Å². The van der Waals surface area contributed by atoms with Crippen molar-refractivity contribution in [3.8, 4) is 17.5 Å². The van der Waals surface area contributed by atoms with Crippen LogP contribution in [-0.2, 0) is 4.74 Å². The van der Waals surface area contributed by atoms with E-state index < -0.39 is 24.4 Å². The maximum absolute atomic E-state index is 13.1. The first kappa shape index (κ1) is 17.8. The van der Waals surface area contributed by atoms with Crippen LogP contribution in [0.4, 0.5) is 13.6 Å². The van der Waals surface area contributed by atoms with Crippen LogP contribution in [0.5, 0.6) is 0 Å². The van der Waals surface area contributed by atoms with Gasteiger partial charge in [0.2, 0.25) is 0 Å². The van der Waals surface area contributed by atoms with Gasteiger partial charge in [0.1, 0.15) is 12.1 Å². The van der Waals surface area contributed by atoms with Crippen LogP contribution in [0, 0.1) is 11.3 Å². The fourth-order valence-corrected chi connectivity index (χ4v) is 3.05. The number of ether oxygens (including phenoxy) is 1. The van der Waals surface area contributed by atoms with Gasteiger partial charge in [-0.3, -0.25) is 4.90 Å². The van der Waals surface area contributed by atoms with E-state index >= 15 is 0 Å². The molecule has 1 N–H and O–H groups in total. The average molecular weight is 363 g/mol. The number of halogens is 2. The quantitative estimate of drug-likeness (QED) is 0.899. The summed E-state index contributed by atoms with van der Waals surface area (Å²) in [5.41, 5.74) is -0.245. The Morgan fingerprint density at radius 2 is 2.23 bits per heavy atom. The van der Waals surface area contributed by atoms with Crippen LogP contribution >= 0.6 is 0 Å².